The highest BCUT2D eigenvalue weighted by Crippen LogP contribution is 2.35. The first-order chi connectivity index (χ1) is 9.63. The van der Waals surface area contributed by atoms with Crippen LogP contribution in [0, 0.1) is 17.8 Å². The molecule has 2 fully saturated rings. The molecule has 2 nitrogen and oxygen atoms in total. The summed E-state index contributed by atoms with van der Waals surface area (Å²) in [6, 6.07) is 0.595. The van der Waals surface area contributed by atoms with Crippen molar-refractivity contribution in [1.29, 1.82) is 0 Å². The van der Waals surface area contributed by atoms with E-state index in [1.54, 1.807) is 0 Å². The summed E-state index contributed by atoms with van der Waals surface area (Å²) in [6.45, 7) is 10.4. The normalized spacial score (nSPS) is 42.6. The summed E-state index contributed by atoms with van der Waals surface area (Å²) in [5.41, 5.74) is 0. The molecule has 2 heteroatoms. The Hall–Kier alpha value is -0.0800. The van der Waals surface area contributed by atoms with Gasteiger partial charge < -0.3 is 10.1 Å². The summed E-state index contributed by atoms with van der Waals surface area (Å²) in [4.78, 5) is 0. The van der Waals surface area contributed by atoms with Gasteiger partial charge in [-0.05, 0) is 62.8 Å². The summed E-state index contributed by atoms with van der Waals surface area (Å²) in [7, 11) is 0. The SMILES string of the molecule is CCNC1CCC(CC)CC1OC1CCC(C)C(C)C1. The Labute approximate surface area is 126 Å². The zero-order chi connectivity index (χ0) is 14.5. The first-order valence-corrected chi connectivity index (χ1v) is 9.02. The van der Waals surface area contributed by atoms with E-state index in [1.807, 2.05) is 0 Å². The molecule has 0 bridgehead atoms. The van der Waals surface area contributed by atoms with Gasteiger partial charge >= 0.3 is 0 Å². The molecule has 0 heterocycles. The zero-order valence-corrected chi connectivity index (χ0v) is 14.0. The molecule has 2 aliphatic rings. The van der Waals surface area contributed by atoms with Crippen molar-refractivity contribution in [3.63, 3.8) is 0 Å². The van der Waals surface area contributed by atoms with Crippen molar-refractivity contribution in [2.24, 2.45) is 17.8 Å². The Kier molecular flexibility index (Phi) is 6.35. The summed E-state index contributed by atoms with van der Waals surface area (Å²) < 4.78 is 6.59. The summed E-state index contributed by atoms with van der Waals surface area (Å²) in [5, 5.41) is 3.66. The van der Waals surface area contributed by atoms with Gasteiger partial charge in [0.2, 0.25) is 0 Å². The fourth-order valence-corrected chi connectivity index (χ4v) is 4.10. The number of likely N-dealkylation sites (N-methyl/N-ethyl adjacent to an activating group) is 1. The van der Waals surface area contributed by atoms with Crippen LogP contribution in [-0.4, -0.2) is 24.8 Å². The second-order valence-corrected chi connectivity index (χ2v) is 7.32. The third-order valence-corrected chi connectivity index (χ3v) is 5.86. The third kappa shape index (κ3) is 4.21. The number of nitrogens with one attached hydrogen (secondary N) is 1. The van der Waals surface area contributed by atoms with Crippen LogP contribution in [0.4, 0.5) is 0 Å². The molecule has 0 aromatic rings. The van der Waals surface area contributed by atoms with Crippen molar-refractivity contribution < 1.29 is 4.74 Å². The highest BCUT2D eigenvalue weighted by molar-refractivity contribution is 4.87. The average Bonchev–Trinajstić information content (AvgIpc) is 2.45. The summed E-state index contributed by atoms with van der Waals surface area (Å²) in [6.07, 6.45) is 10.1. The van der Waals surface area contributed by atoms with E-state index in [1.165, 1.54) is 44.9 Å². The first-order valence-electron chi connectivity index (χ1n) is 9.02. The number of hydrogen-bond donors (Lipinski definition) is 1. The van der Waals surface area contributed by atoms with Gasteiger partial charge in [0.25, 0.3) is 0 Å². The second kappa shape index (κ2) is 7.79. The van der Waals surface area contributed by atoms with Crippen LogP contribution in [0.15, 0.2) is 0 Å². The minimum absolute atomic E-state index is 0.458. The molecule has 0 spiro atoms. The van der Waals surface area contributed by atoms with Crippen LogP contribution in [0.3, 0.4) is 0 Å². The highest BCUT2D eigenvalue weighted by atomic mass is 16.5. The van der Waals surface area contributed by atoms with Gasteiger partial charge in [-0.3, -0.25) is 0 Å². The van der Waals surface area contributed by atoms with Crippen molar-refractivity contribution in [1.82, 2.24) is 5.32 Å². The van der Waals surface area contributed by atoms with Gasteiger partial charge in [0.05, 0.1) is 12.2 Å². The molecule has 0 radical (unpaired) electrons. The first kappa shape index (κ1) is 16.3. The lowest BCUT2D eigenvalue weighted by Crippen LogP contribution is -2.47. The maximum Gasteiger partial charge on any atom is 0.0734 e. The molecular weight excluding hydrogens is 246 g/mol. The van der Waals surface area contributed by atoms with Crippen LogP contribution in [0.25, 0.3) is 0 Å². The van der Waals surface area contributed by atoms with E-state index in [0.29, 0.717) is 18.2 Å². The Morgan fingerprint density at radius 2 is 1.75 bits per heavy atom. The lowest BCUT2D eigenvalue weighted by Gasteiger charge is -2.40. The van der Waals surface area contributed by atoms with E-state index in [4.69, 9.17) is 4.74 Å². The number of hydrogen-bond acceptors (Lipinski definition) is 2. The average molecular weight is 281 g/mol. The highest BCUT2D eigenvalue weighted by Gasteiger charge is 2.33. The molecule has 2 aliphatic carbocycles. The minimum Gasteiger partial charge on any atom is -0.373 e. The topological polar surface area (TPSA) is 21.3 Å². The molecule has 6 atom stereocenters. The Morgan fingerprint density at radius 3 is 2.40 bits per heavy atom. The molecule has 2 rings (SSSR count). The summed E-state index contributed by atoms with van der Waals surface area (Å²) >= 11 is 0. The van der Waals surface area contributed by atoms with Crippen molar-refractivity contribution in [3.8, 4) is 0 Å². The van der Waals surface area contributed by atoms with Crippen LogP contribution < -0.4 is 5.32 Å². The van der Waals surface area contributed by atoms with Crippen LogP contribution in [0.1, 0.15) is 72.6 Å². The predicted molar refractivity (Wildman–Crippen MR) is 85.9 cm³/mol. The molecule has 2 saturated carbocycles. The lowest BCUT2D eigenvalue weighted by molar-refractivity contribution is -0.0817. The molecule has 6 unspecified atom stereocenters. The fraction of sp³-hybridized carbons (Fsp3) is 1.00. The molecule has 0 aromatic heterocycles. The third-order valence-electron chi connectivity index (χ3n) is 5.86. The molecule has 0 aliphatic heterocycles. The van der Waals surface area contributed by atoms with E-state index in [2.05, 4.69) is 33.0 Å². The number of ether oxygens (including phenoxy) is 1. The van der Waals surface area contributed by atoms with Gasteiger partial charge in [0, 0.05) is 6.04 Å². The van der Waals surface area contributed by atoms with E-state index in [0.717, 1.165) is 24.3 Å². The second-order valence-electron chi connectivity index (χ2n) is 7.32. The molecule has 1 N–H and O–H groups in total. The Morgan fingerprint density at radius 1 is 0.950 bits per heavy atom. The van der Waals surface area contributed by atoms with Crippen molar-refractivity contribution in [2.45, 2.75) is 90.9 Å². The molecule has 0 amide bonds. The minimum atomic E-state index is 0.458. The smallest absolute Gasteiger partial charge is 0.0734 e. The van der Waals surface area contributed by atoms with E-state index >= 15 is 0 Å². The van der Waals surface area contributed by atoms with Crippen LogP contribution in [0.2, 0.25) is 0 Å². The Balaban J connectivity index is 1.89. The van der Waals surface area contributed by atoms with Crippen LogP contribution in [-0.2, 0) is 4.74 Å². The van der Waals surface area contributed by atoms with E-state index in [9.17, 15) is 0 Å². The fourth-order valence-electron chi connectivity index (χ4n) is 4.10. The zero-order valence-electron chi connectivity index (χ0n) is 14.0. The van der Waals surface area contributed by atoms with Crippen molar-refractivity contribution in [2.75, 3.05) is 6.54 Å². The quantitative estimate of drug-likeness (QED) is 0.807. The molecule has 118 valence electrons. The van der Waals surface area contributed by atoms with Gasteiger partial charge in [0.1, 0.15) is 0 Å². The standard InChI is InChI=1S/C18H35NO/c1-5-15-8-10-17(19-6-2)18(12-15)20-16-9-7-13(3)14(4)11-16/h13-19H,5-12H2,1-4H3. The number of rotatable bonds is 5. The van der Waals surface area contributed by atoms with Crippen molar-refractivity contribution in [3.05, 3.63) is 0 Å². The Bertz CT molecular complexity index is 281. The largest absolute Gasteiger partial charge is 0.373 e. The van der Waals surface area contributed by atoms with Gasteiger partial charge in [-0.25, -0.2) is 0 Å². The molecular formula is C18H35NO. The molecule has 20 heavy (non-hydrogen) atoms. The molecule has 0 aromatic carbocycles. The maximum atomic E-state index is 6.59. The van der Waals surface area contributed by atoms with Gasteiger partial charge in [-0.15, -0.1) is 0 Å². The van der Waals surface area contributed by atoms with Gasteiger partial charge in [0.15, 0.2) is 0 Å². The summed E-state index contributed by atoms with van der Waals surface area (Å²) in [5.74, 6) is 2.60. The lowest BCUT2D eigenvalue weighted by atomic mass is 9.79. The molecule has 0 saturated heterocycles. The van der Waals surface area contributed by atoms with Crippen LogP contribution in [0.5, 0.6) is 0 Å². The monoisotopic (exact) mass is 281 g/mol. The van der Waals surface area contributed by atoms with Crippen molar-refractivity contribution >= 4 is 0 Å². The maximum absolute atomic E-state index is 6.59. The van der Waals surface area contributed by atoms with Gasteiger partial charge in [-0.1, -0.05) is 34.1 Å². The predicted octanol–water partition coefficient (Wildman–Crippen LogP) is 4.38. The van der Waals surface area contributed by atoms with E-state index < -0.39 is 0 Å². The van der Waals surface area contributed by atoms with Gasteiger partial charge in [-0.2, -0.15) is 0 Å². The van der Waals surface area contributed by atoms with E-state index in [-0.39, 0.29) is 0 Å². The van der Waals surface area contributed by atoms with Crippen LogP contribution >= 0.6 is 0 Å².